The highest BCUT2D eigenvalue weighted by Crippen LogP contribution is 2.27. The van der Waals surface area contributed by atoms with Crippen molar-refractivity contribution in [3.05, 3.63) is 76.8 Å². The number of nitrogens with zero attached hydrogens (tertiary/aromatic N) is 2. The van der Waals surface area contributed by atoms with Gasteiger partial charge in [-0.2, -0.15) is 0 Å². The van der Waals surface area contributed by atoms with Crippen molar-refractivity contribution in [2.24, 2.45) is 0 Å². The Morgan fingerprint density at radius 3 is 2.63 bits per heavy atom. The number of likely N-dealkylation sites (N-methyl/N-ethyl adjacent to an activating group) is 1. The van der Waals surface area contributed by atoms with E-state index in [4.69, 9.17) is 4.74 Å². The molecule has 0 radical (unpaired) electrons. The van der Waals surface area contributed by atoms with Crippen LogP contribution in [0.15, 0.2) is 64.3 Å². The molecule has 0 atom stereocenters. The molecule has 0 fully saturated rings. The summed E-state index contributed by atoms with van der Waals surface area (Å²) in [5, 5.41) is 2.04. The highest BCUT2D eigenvalue weighted by molar-refractivity contribution is 8.00. The van der Waals surface area contributed by atoms with Gasteiger partial charge in [0.05, 0.1) is 6.54 Å². The predicted molar refractivity (Wildman–Crippen MR) is 112 cm³/mol. The third kappa shape index (κ3) is 5.58. The zero-order valence-corrected chi connectivity index (χ0v) is 17.1. The van der Waals surface area contributed by atoms with Gasteiger partial charge in [-0.05, 0) is 30.7 Å². The molecule has 0 saturated carbocycles. The van der Waals surface area contributed by atoms with E-state index >= 15 is 0 Å². The molecule has 27 heavy (non-hydrogen) atoms. The minimum atomic E-state index is 0.0122. The first-order valence-electron chi connectivity index (χ1n) is 8.69. The quantitative estimate of drug-likeness (QED) is 0.507. The number of amides is 1. The molecule has 0 N–H and O–H groups in total. The zero-order chi connectivity index (χ0) is 19.1. The first-order chi connectivity index (χ1) is 13.1. The monoisotopic (exact) mass is 398 g/mol. The lowest BCUT2D eigenvalue weighted by atomic mass is 10.1. The first kappa shape index (κ1) is 19.5. The lowest BCUT2D eigenvalue weighted by Crippen LogP contribution is -2.31. The summed E-state index contributed by atoms with van der Waals surface area (Å²) >= 11 is 3.30. The summed E-state index contributed by atoms with van der Waals surface area (Å²) in [5.74, 6) is 1.55. The topological polar surface area (TPSA) is 42.4 Å². The van der Waals surface area contributed by atoms with Crippen molar-refractivity contribution in [3.63, 3.8) is 0 Å². The molecule has 140 valence electrons. The molecule has 3 aromatic rings. The third-order valence-electron chi connectivity index (χ3n) is 3.98. The fourth-order valence-corrected chi connectivity index (χ4v) is 4.37. The fourth-order valence-electron chi connectivity index (χ4n) is 2.52. The number of hydrogen-bond donors (Lipinski definition) is 0. The third-order valence-corrected chi connectivity index (χ3v) is 6.17. The zero-order valence-electron chi connectivity index (χ0n) is 15.4. The van der Waals surface area contributed by atoms with Gasteiger partial charge in [-0.15, -0.1) is 11.3 Å². The Morgan fingerprint density at radius 1 is 1.15 bits per heavy atom. The molecule has 0 spiro atoms. The minimum Gasteiger partial charge on any atom is -0.492 e. The van der Waals surface area contributed by atoms with Crippen LogP contribution < -0.4 is 4.74 Å². The number of para-hydroxylation sites is 1. The van der Waals surface area contributed by atoms with E-state index < -0.39 is 0 Å². The molecule has 0 aliphatic heterocycles. The van der Waals surface area contributed by atoms with Crippen LogP contribution in [-0.4, -0.2) is 36.0 Å². The second-order valence-electron chi connectivity index (χ2n) is 6.09. The highest BCUT2D eigenvalue weighted by atomic mass is 32.2. The molecule has 1 aromatic heterocycles. The van der Waals surface area contributed by atoms with E-state index in [9.17, 15) is 4.79 Å². The molecule has 0 unspecified atom stereocenters. The van der Waals surface area contributed by atoms with Crippen molar-refractivity contribution in [1.29, 1.82) is 0 Å². The van der Waals surface area contributed by atoms with Crippen molar-refractivity contribution in [3.8, 4) is 5.75 Å². The first-order valence-corrected chi connectivity index (χ1v) is 10.6. The predicted octanol–water partition coefficient (Wildman–Crippen LogP) is 4.89. The number of aromatic nitrogens is 1. The second kappa shape index (κ2) is 9.58. The number of benzene rings is 2. The molecule has 3 rings (SSSR count). The lowest BCUT2D eigenvalue weighted by Gasteiger charge is -2.19. The normalized spacial score (nSPS) is 10.6. The van der Waals surface area contributed by atoms with Gasteiger partial charge in [-0.3, -0.25) is 4.79 Å². The maximum Gasteiger partial charge on any atom is 0.254 e. The number of thiazole rings is 1. The number of hydrogen-bond acceptors (Lipinski definition) is 5. The van der Waals surface area contributed by atoms with Gasteiger partial charge in [-0.1, -0.05) is 48.2 Å². The number of aryl methyl sites for hydroxylation is 1. The van der Waals surface area contributed by atoms with Crippen molar-refractivity contribution in [2.75, 3.05) is 20.2 Å². The van der Waals surface area contributed by atoms with E-state index in [0.29, 0.717) is 13.2 Å². The number of carbonyl (C=O) groups excluding carboxylic acids is 1. The Hall–Kier alpha value is -2.31. The van der Waals surface area contributed by atoms with Crippen molar-refractivity contribution >= 4 is 29.0 Å². The summed E-state index contributed by atoms with van der Waals surface area (Å²) in [7, 11) is 1.81. The number of thioether (sulfide) groups is 1. The summed E-state index contributed by atoms with van der Waals surface area (Å²) in [6, 6.07) is 17.4. The minimum absolute atomic E-state index is 0.0122. The van der Waals surface area contributed by atoms with Crippen LogP contribution >= 0.6 is 23.1 Å². The SMILES string of the molecule is Cc1csc(SCc2ccccc2C(=O)N(C)CCOc2ccccc2)n1. The lowest BCUT2D eigenvalue weighted by molar-refractivity contribution is 0.0773. The van der Waals surface area contributed by atoms with Crippen molar-refractivity contribution in [2.45, 2.75) is 17.0 Å². The van der Waals surface area contributed by atoms with Crippen molar-refractivity contribution < 1.29 is 9.53 Å². The summed E-state index contributed by atoms with van der Waals surface area (Å²) in [6.45, 7) is 2.98. The van der Waals surface area contributed by atoms with Gasteiger partial charge < -0.3 is 9.64 Å². The fraction of sp³-hybridized carbons (Fsp3) is 0.238. The van der Waals surface area contributed by atoms with Crippen LogP contribution in [0.1, 0.15) is 21.6 Å². The molecule has 2 aromatic carbocycles. The average Bonchev–Trinajstić information content (AvgIpc) is 3.12. The van der Waals surface area contributed by atoms with E-state index in [1.807, 2.05) is 73.9 Å². The molecule has 0 aliphatic rings. The molecular formula is C21H22N2O2S2. The van der Waals surface area contributed by atoms with Crippen LogP contribution in [0, 0.1) is 6.92 Å². The van der Waals surface area contributed by atoms with Gasteiger partial charge in [0.1, 0.15) is 16.7 Å². The number of rotatable bonds is 8. The van der Waals surface area contributed by atoms with E-state index in [0.717, 1.165) is 32.7 Å². The second-order valence-corrected chi connectivity index (χ2v) is 8.17. The summed E-state index contributed by atoms with van der Waals surface area (Å²) in [5.41, 5.74) is 2.79. The van der Waals surface area contributed by atoms with E-state index in [-0.39, 0.29) is 5.91 Å². The molecular weight excluding hydrogens is 376 g/mol. The van der Waals surface area contributed by atoms with E-state index in [1.54, 1.807) is 28.0 Å². The molecule has 1 amide bonds. The van der Waals surface area contributed by atoms with Crippen LogP contribution in [0.25, 0.3) is 0 Å². The molecule has 1 heterocycles. The Labute approximate surface area is 168 Å². The molecule has 0 aliphatic carbocycles. The largest absolute Gasteiger partial charge is 0.492 e. The van der Waals surface area contributed by atoms with Crippen LogP contribution in [0.3, 0.4) is 0 Å². The number of carbonyl (C=O) groups is 1. The summed E-state index contributed by atoms with van der Waals surface area (Å²) < 4.78 is 6.72. The Kier molecular flexibility index (Phi) is 6.90. The Balaban J connectivity index is 1.58. The summed E-state index contributed by atoms with van der Waals surface area (Å²) in [4.78, 5) is 19.1. The Bertz CT molecular complexity index is 881. The standard InChI is InChI=1S/C21H22N2O2S2/c1-16-14-26-21(22-16)27-15-17-8-6-7-11-19(17)20(24)23(2)12-13-25-18-9-4-3-5-10-18/h3-11,14H,12-13,15H2,1-2H3. The summed E-state index contributed by atoms with van der Waals surface area (Å²) in [6.07, 6.45) is 0. The van der Waals surface area contributed by atoms with Gasteiger partial charge >= 0.3 is 0 Å². The van der Waals surface area contributed by atoms with E-state index in [2.05, 4.69) is 4.98 Å². The van der Waals surface area contributed by atoms with Gasteiger partial charge in [0.15, 0.2) is 0 Å². The smallest absolute Gasteiger partial charge is 0.254 e. The molecule has 0 saturated heterocycles. The van der Waals surface area contributed by atoms with Gasteiger partial charge in [0.25, 0.3) is 5.91 Å². The van der Waals surface area contributed by atoms with Crippen molar-refractivity contribution in [1.82, 2.24) is 9.88 Å². The number of ether oxygens (including phenoxy) is 1. The van der Waals surface area contributed by atoms with Gasteiger partial charge in [-0.25, -0.2) is 4.98 Å². The highest BCUT2D eigenvalue weighted by Gasteiger charge is 2.16. The van der Waals surface area contributed by atoms with Gasteiger partial charge in [0, 0.05) is 29.4 Å². The van der Waals surface area contributed by atoms with Crippen LogP contribution in [-0.2, 0) is 5.75 Å². The van der Waals surface area contributed by atoms with E-state index in [1.165, 1.54) is 0 Å². The van der Waals surface area contributed by atoms with Crippen LogP contribution in [0.5, 0.6) is 5.75 Å². The van der Waals surface area contributed by atoms with Crippen LogP contribution in [0.4, 0.5) is 0 Å². The van der Waals surface area contributed by atoms with Crippen LogP contribution in [0.2, 0.25) is 0 Å². The average molecular weight is 399 g/mol. The maximum absolute atomic E-state index is 12.9. The molecule has 0 bridgehead atoms. The maximum atomic E-state index is 12.9. The molecule has 6 heteroatoms. The molecule has 4 nitrogen and oxygen atoms in total. The van der Waals surface area contributed by atoms with Gasteiger partial charge in [0.2, 0.25) is 0 Å². The Morgan fingerprint density at radius 2 is 1.89 bits per heavy atom.